The Labute approximate surface area is 159 Å². The van der Waals surface area contributed by atoms with E-state index in [1.807, 2.05) is 0 Å². The van der Waals surface area contributed by atoms with E-state index in [-0.39, 0.29) is 29.4 Å². The predicted octanol–water partition coefficient (Wildman–Crippen LogP) is 2.57. The number of hydrogen-bond acceptors (Lipinski definition) is 6. The highest BCUT2D eigenvalue weighted by molar-refractivity contribution is 6.30. The third-order valence-electron chi connectivity index (χ3n) is 3.55. The van der Waals surface area contributed by atoms with Crippen LogP contribution in [0.4, 0.5) is 13.2 Å². The van der Waals surface area contributed by atoms with E-state index >= 15 is 0 Å². The second-order valence-corrected chi connectivity index (χ2v) is 6.17. The van der Waals surface area contributed by atoms with Gasteiger partial charge in [-0.25, -0.2) is 9.98 Å². The molecular weight excluding hydrogens is 387 g/mol. The smallest absolute Gasteiger partial charge is 0.422 e. The Kier molecular flexibility index (Phi) is 6.66. The molecule has 1 aromatic heterocycles. The minimum Gasteiger partial charge on any atom is -0.468 e. The molecule has 0 bridgehead atoms. The lowest BCUT2D eigenvalue weighted by atomic mass is 10.1. The molecule has 1 amide bonds. The Morgan fingerprint density at radius 3 is 2.70 bits per heavy atom. The lowest BCUT2D eigenvalue weighted by molar-refractivity contribution is -0.154. The monoisotopic (exact) mass is 405 g/mol. The number of nitrogens with zero attached hydrogens (tertiary/aromatic N) is 2. The summed E-state index contributed by atoms with van der Waals surface area (Å²) < 4.78 is 41.1. The average Bonchev–Trinajstić information content (AvgIpc) is 2.62. The number of halogens is 4. The van der Waals surface area contributed by atoms with E-state index in [0.717, 1.165) is 0 Å². The Morgan fingerprint density at radius 1 is 1.44 bits per heavy atom. The summed E-state index contributed by atoms with van der Waals surface area (Å²) in [5.74, 6) is -1.53. The number of carbonyl (C=O) groups is 1. The molecule has 0 aliphatic carbocycles. The van der Waals surface area contributed by atoms with Crippen LogP contribution in [0.3, 0.4) is 0 Å². The van der Waals surface area contributed by atoms with Gasteiger partial charge >= 0.3 is 6.18 Å². The van der Waals surface area contributed by atoms with Gasteiger partial charge in [0.05, 0.1) is 6.21 Å². The highest BCUT2D eigenvalue weighted by Gasteiger charge is 2.32. The summed E-state index contributed by atoms with van der Waals surface area (Å²) in [6.07, 6.45) is 0.0795. The highest BCUT2D eigenvalue weighted by atomic mass is 35.5. The van der Waals surface area contributed by atoms with E-state index in [1.54, 1.807) is 19.9 Å². The molecule has 2 atom stereocenters. The van der Waals surface area contributed by atoms with Crippen molar-refractivity contribution in [3.63, 3.8) is 0 Å². The third kappa shape index (κ3) is 6.40. The molecule has 0 spiro atoms. The molecule has 1 aliphatic heterocycles. The number of aromatic nitrogens is 1. The summed E-state index contributed by atoms with van der Waals surface area (Å²) in [4.78, 5) is 19.7. The van der Waals surface area contributed by atoms with Gasteiger partial charge in [-0.15, -0.1) is 0 Å². The number of carbonyl (C=O) groups excluding carboxylic acids is 1. The standard InChI is InChI=1S/C16H19ClF3N5O2/c1-3-13(26)25-16(8-22-12(17)7-23-16)24-10(2)11-4-5-14(21-6-11)27-9-15(18,19)20/h4-8,10,23-24H,3,9H2,1-2H3,(H,25,26). The molecule has 0 radical (unpaired) electrons. The quantitative estimate of drug-likeness (QED) is 0.479. The SMILES string of the molecule is CCC(=O)NC1(NC(C)c2ccc(OCC(F)(F)F)nc2)C=NC(Cl)=CN1. The van der Waals surface area contributed by atoms with Crippen LogP contribution in [0.15, 0.2) is 34.7 Å². The zero-order valence-corrected chi connectivity index (χ0v) is 15.4. The normalized spacial score (nSPS) is 20.4. The van der Waals surface area contributed by atoms with Crippen molar-refractivity contribution in [2.24, 2.45) is 4.99 Å². The average molecular weight is 406 g/mol. The molecule has 27 heavy (non-hydrogen) atoms. The van der Waals surface area contributed by atoms with Gasteiger partial charge in [0.2, 0.25) is 17.6 Å². The number of ether oxygens (including phenoxy) is 1. The first-order valence-corrected chi connectivity index (χ1v) is 8.43. The van der Waals surface area contributed by atoms with Crippen molar-refractivity contribution in [1.29, 1.82) is 0 Å². The van der Waals surface area contributed by atoms with Gasteiger partial charge in [-0.1, -0.05) is 24.6 Å². The van der Waals surface area contributed by atoms with Crippen LogP contribution in [0.5, 0.6) is 5.88 Å². The van der Waals surface area contributed by atoms with Crippen molar-refractivity contribution in [3.8, 4) is 5.88 Å². The number of aliphatic imine (C=N–C) groups is 1. The lowest BCUT2D eigenvalue weighted by Gasteiger charge is -2.36. The predicted molar refractivity (Wildman–Crippen MR) is 94.1 cm³/mol. The zero-order chi connectivity index (χ0) is 20.1. The maximum Gasteiger partial charge on any atom is 0.422 e. The Bertz CT molecular complexity index is 724. The van der Waals surface area contributed by atoms with Crippen molar-refractivity contribution in [2.75, 3.05) is 6.61 Å². The second kappa shape index (κ2) is 8.57. The number of pyridine rings is 1. The van der Waals surface area contributed by atoms with Crippen LogP contribution in [0.25, 0.3) is 0 Å². The minimum absolute atomic E-state index is 0.135. The summed E-state index contributed by atoms with van der Waals surface area (Å²) in [6.45, 7) is 2.09. The maximum atomic E-state index is 12.2. The molecule has 3 N–H and O–H groups in total. The van der Waals surface area contributed by atoms with Gasteiger partial charge in [-0.2, -0.15) is 13.2 Å². The molecule has 7 nitrogen and oxygen atoms in total. The van der Waals surface area contributed by atoms with Gasteiger partial charge in [-0.3, -0.25) is 10.1 Å². The van der Waals surface area contributed by atoms with Gasteiger partial charge in [-0.05, 0) is 12.5 Å². The molecule has 1 aliphatic rings. The highest BCUT2D eigenvalue weighted by Crippen LogP contribution is 2.20. The summed E-state index contributed by atoms with van der Waals surface area (Å²) in [5, 5.41) is 9.08. The number of nitrogens with one attached hydrogen (secondary N) is 3. The van der Waals surface area contributed by atoms with Gasteiger partial charge < -0.3 is 15.4 Å². The zero-order valence-electron chi connectivity index (χ0n) is 14.6. The van der Waals surface area contributed by atoms with Gasteiger partial charge in [0.25, 0.3) is 0 Å². The number of rotatable bonds is 7. The van der Waals surface area contributed by atoms with Crippen LogP contribution in [-0.4, -0.2) is 35.7 Å². The molecule has 0 aromatic carbocycles. The van der Waals surface area contributed by atoms with E-state index in [9.17, 15) is 18.0 Å². The summed E-state index contributed by atoms with van der Waals surface area (Å²) in [6, 6.07) is 2.57. The van der Waals surface area contributed by atoms with Crippen LogP contribution in [0.2, 0.25) is 0 Å². The lowest BCUT2D eigenvalue weighted by Crippen LogP contribution is -2.68. The molecule has 0 saturated carbocycles. The summed E-state index contributed by atoms with van der Waals surface area (Å²) in [5.41, 5.74) is 0.662. The minimum atomic E-state index is -4.43. The third-order valence-corrected chi connectivity index (χ3v) is 3.75. The van der Waals surface area contributed by atoms with E-state index in [4.69, 9.17) is 11.6 Å². The van der Waals surface area contributed by atoms with Crippen molar-refractivity contribution in [1.82, 2.24) is 20.9 Å². The number of hydrogen-bond donors (Lipinski definition) is 3. The van der Waals surface area contributed by atoms with Crippen LogP contribution in [0.1, 0.15) is 31.9 Å². The van der Waals surface area contributed by atoms with E-state index < -0.39 is 18.6 Å². The Hall–Kier alpha value is -2.33. The molecule has 148 valence electrons. The van der Waals surface area contributed by atoms with Crippen molar-refractivity contribution in [3.05, 3.63) is 35.2 Å². The number of amides is 1. The largest absolute Gasteiger partial charge is 0.468 e. The molecule has 11 heteroatoms. The Balaban J connectivity index is 2.07. The molecular formula is C16H19ClF3N5O2. The van der Waals surface area contributed by atoms with Crippen LogP contribution >= 0.6 is 11.6 Å². The van der Waals surface area contributed by atoms with Gasteiger partial charge in [0.1, 0.15) is 5.16 Å². The summed E-state index contributed by atoms with van der Waals surface area (Å²) in [7, 11) is 0. The fraction of sp³-hybridized carbons (Fsp3) is 0.438. The van der Waals surface area contributed by atoms with Gasteiger partial charge in [0.15, 0.2) is 6.61 Å². The maximum absolute atomic E-state index is 12.2. The van der Waals surface area contributed by atoms with Crippen molar-refractivity contribution < 1.29 is 22.7 Å². The van der Waals surface area contributed by atoms with Crippen LogP contribution < -0.4 is 20.7 Å². The fourth-order valence-corrected chi connectivity index (χ4v) is 2.32. The van der Waals surface area contributed by atoms with Crippen LogP contribution in [0, 0.1) is 0 Å². The van der Waals surface area contributed by atoms with E-state index in [0.29, 0.717) is 5.56 Å². The molecule has 2 heterocycles. The molecule has 0 fully saturated rings. The molecule has 0 saturated heterocycles. The number of alkyl halides is 3. The van der Waals surface area contributed by atoms with Crippen molar-refractivity contribution >= 4 is 23.7 Å². The van der Waals surface area contributed by atoms with E-state index in [2.05, 4.69) is 30.7 Å². The second-order valence-electron chi connectivity index (χ2n) is 5.78. The molecule has 2 unspecified atom stereocenters. The molecule has 1 aromatic rings. The fourth-order valence-electron chi connectivity index (χ4n) is 2.21. The van der Waals surface area contributed by atoms with E-state index in [1.165, 1.54) is 24.7 Å². The first-order chi connectivity index (χ1) is 12.6. The molecule has 2 rings (SSSR count). The topological polar surface area (TPSA) is 87.6 Å². The first kappa shape index (κ1) is 21.0. The Morgan fingerprint density at radius 2 is 2.19 bits per heavy atom. The van der Waals surface area contributed by atoms with Gasteiger partial charge in [0, 0.05) is 30.9 Å². The van der Waals surface area contributed by atoms with Crippen LogP contribution in [-0.2, 0) is 4.79 Å². The first-order valence-electron chi connectivity index (χ1n) is 8.05. The van der Waals surface area contributed by atoms with Crippen molar-refractivity contribution in [2.45, 2.75) is 38.3 Å². The summed E-state index contributed by atoms with van der Waals surface area (Å²) >= 11 is 5.80.